The van der Waals surface area contributed by atoms with Crippen LogP contribution in [0.2, 0.25) is 0 Å². The number of anilines is 1. The summed E-state index contributed by atoms with van der Waals surface area (Å²) in [5, 5.41) is 2.69. The maximum Gasteiger partial charge on any atom is 0.240 e. The number of hydrogen-bond donors (Lipinski definition) is 2. The second-order valence-corrected chi connectivity index (χ2v) is 7.59. The number of sulfonamides is 1. The Kier molecular flexibility index (Phi) is 6.52. The van der Waals surface area contributed by atoms with Gasteiger partial charge in [-0.3, -0.25) is 9.10 Å². The zero-order valence-electron chi connectivity index (χ0n) is 13.6. The molecule has 0 spiro atoms. The number of para-hydroxylation sites is 1. The number of halogens is 1. The minimum atomic E-state index is -3.77. The van der Waals surface area contributed by atoms with Crippen molar-refractivity contribution in [1.29, 1.82) is 0 Å². The van der Waals surface area contributed by atoms with Crippen molar-refractivity contribution >= 4 is 21.6 Å². The van der Waals surface area contributed by atoms with E-state index in [2.05, 4.69) is 5.32 Å². The Morgan fingerprint density at radius 3 is 2.62 bits per heavy atom. The predicted molar refractivity (Wildman–Crippen MR) is 88.0 cm³/mol. The predicted octanol–water partition coefficient (Wildman–Crippen LogP) is -1.38. The van der Waals surface area contributed by atoms with Crippen LogP contribution in [0.5, 0.6) is 0 Å². The lowest BCUT2D eigenvalue weighted by Gasteiger charge is -2.24. The van der Waals surface area contributed by atoms with Gasteiger partial charge in [0.25, 0.3) is 0 Å². The average molecular weight is 360 g/mol. The molecule has 0 unspecified atom stereocenters. The van der Waals surface area contributed by atoms with Crippen molar-refractivity contribution in [2.45, 2.75) is 0 Å². The molecule has 0 bridgehead atoms. The van der Waals surface area contributed by atoms with E-state index in [0.29, 0.717) is 19.8 Å². The fourth-order valence-electron chi connectivity index (χ4n) is 2.51. The Labute approximate surface area is 141 Å². The van der Waals surface area contributed by atoms with Gasteiger partial charge in [-0.15, -0.1) is 0 Å². The summed E-state index contributed by atoms with van der Waals surface area (Å²) >= 11 is 0. The Morgan fingerprint density at radius 1 is 1.33 bits per heavy atom. The molecular formula is C15H23FN3O4S+. The van der Waals surface area contributed by atoms with E-state index in [0.717, 1.165) is 36.3 Å². The highest BCUT2D eigenvalue weighted by molar-refractivity contribution is 7.92. The van der Waals surface area contributed by atoms with E-state index < -0.39 is 28.3 Å². The number of nitrogens with one attached hydrogen (secondary N) is 2. The Morgan fingerprint density at radius 2 is 2.00 bits per heavy atom. The van der Waals surface area contributed by atoms with E-state index in [9.17, 15) is 17.6 Å². The van der Waals surface area contributed by atoms with Gasteiger partial charge in [0.1, 0.15) is 25.5 Å². The van der Waals surface area contributed by atoms with Crippen molar-refractivity contribution < 1.29 is 27.2 Å². The van der Waals surface area contributed by atoms with Gasteiger partial charge in [0.15, 0.2) is 0 Å². The van der Waals surface area contributed by atoms with Gasteiger partial charge in [-0.05, 0) is 12.1 Å². The second-order valence-electron chi connectivity index (χ2n) is 5.68. The lowest BCUT2D eigenvalue weighted by molar-refractivity contribution is -0.906. The summed E-state index contributed by atoms with van der Waals surface area (Å²) in [5.74, 6) is -1.15. The normalized spacial score (nSPS) is 15.9. The maximum absolute atomic E-state index is 13.9. The van der Waals surface area contributed by atoms with Crippen LogP contribution in [0.3, 0.4) is 0 Å². The van der Waals surface area contributed by atoms with Crippen LogP contribution in [-0.4, -0.2) is 66.5 Å². The highest BCUT2D eigenvalue weighted by Crippen LogP contribution is 2.20. The molecule has 9 heteroatoms. The van der Waals surface area contributed by atoms with Gasteiger partial charge in [0.2, 0.25) is 15.9 Å². The standard InChI is InChI=1S/C15H22FN3O4S/c1-24(21,22)19(14-5-3-2-4-13(14)16)12-15(20)17-6-7-18-8-10-23-11-9-18/h2-5H,6-12H2,1H3,(H,17,20)/p+1. The van der Waals surface area contributed by atoms with E-state index >= 15 is 0 Å². The third-order valence-corrected chi connectivity index (χ3v) is 4.94. The van der Waals surface area contributed by atoms with Gasteiger partial charge in [0, 0.05) is 0 Å². The third-order valence-electron chi connectivity index (χ3n) is 3.81. The van der Waals surface area contributed by atoms with E-state index in [1.807, 2.05) is 0 Å². The molecule has 1 aliphatic heterocycles. The average Bonchev–Trinajstić information content (AvgIpc) is 2.53. The van der Waals surface area contributed by atoms with Crippen LogP contribution < -0.4 is 14.5 Å². The van der Waals surface area contributed by atoms with Crippen LogP contribution in [0.25, 0.3) is 0 Å². The molecule has 1 saturated heterocycles. The number of carbonyl (C=O) groups excluding carboxylic acids is 1. The number of morpholine rings is 1. The second kappa shape index (κ2) is 8.41. The van der Waals surface area contributed by atoms with Gasteiger partial charge in [-0.25, -0.2) is 12.8 Å². The van der Waals surface area contributed by atoms with Crippen molar-refractivity contribution in [3.8, 4) is 0 Å². The Hall–Kier alpha value is -1.71. The number of carbonyl (C=O) groups is 1. The summed E-state index contributed by atoms with van der Waals surface area (Å²) in [7, 11) is -3.77. The molecule has 1 amide bonds. The molecule has 0 saturated carbocycles. The summed E-state index contributed by atoms with van der Waals surface area (Å²) in [6.07, 6.45) is 0.949. The van der Waals surface area contributed by atoms with Gasteiger partial charge in [-0.2, -0.15) is 0 Å². The van der Waals surface area contributed by atoms with Crippen LogP contribution in [0.1, 0.15) is 0 Å². The summed E-state index contributed by atoms with van der Waals surface area (Å²) in [6.45, 7) is 3.92. The van der Waals surface area contributed by atoms with Crippen LogP contribution >= 0.6 is 0 Å². The highest BCUT2D eigenvalue weighted by Gasteiger charge is 2.23. The summed E-state index contributed by atoms with van der Waals surface area (Å²) < 4.78 is 43.7. The molecule has 2 N–H and O–H groups in total. The number of nitrogens with zero attached hydrogens (tertiary/aromatic N) is 1. The molecule has 24 heavy (non-hydrogen) atoms. The highest BCUT2D eigenvalue weighted by atomic mass is 32.2. The number of hydrogen-bond acceptors (Lipinski definition) is 4. The molecule has 134 valence electrons. The largest absolute Gasteiger partial charge is 0.370 e. The number of benzene rings is 1. The Bertz CT molecular complexity index is 662. The van der Waals surface area contributed by atoms with Crippen molar-refractivity contribution in [2.24, 2.45) is 0 Å². The van der Waals surface area contributed by atoms with Gasteiger partial charge in [-0.1, -0.05) is 12.1 Å². The third kappa shape index (κ3) is 5.43. The molecule has 0 aliphatic carbocycles. The first-order chi connectivity index (χ1) is 11.4. The summed E-state index contributed by atoms with van der Waals surface area (Å²) in [4.78, 5) is 13.4. The monoisotopic (exact) mass is 360 g/mol. The van der Waals surface area contributed by atoms with Crippen LogP contribution in [0.15, 0.2) is 24.3 Å². The van der Waals surface area contributed by atoms with Crippen molar-refractivity contribution in [1.82, 2.24) is 5.32 Å². The van der Waals surface area contributed by atoms with E-state index in [4.69, 9.17) is 4.74 Å². The molecule has 1 fully saturated rings. The van der Waals surface area contributed by atoms with Gasteiger partial charge in [0.05, 0.1) is 38.2 Å². The number of amides is 1. The van der Waals surface area contributed by atoms with E-state index in [1.54, 1.807) is 0 Å². The van der Waals surface area contributed by atoms with Crippen LogP contribution in [0, 0.1) is 5.82 Å². The minimum absolute atomic E-state index is 0.131. The minimum Gasteiger partial charge on any atom is -0.370 e. The molecule has 0 atom stereocenters. The fraction of sp³-hybridized carbons (Fsp3) is 0.533. The molecule has 1 aliphatic rings. The first kappa shape index (κ1) is 18.6. The smallest absolute Gasteiger partial charge is 0.240 e. The molecule has 1 aromatic carbocycles. The van der Waals surface area contributed by atoms with Crippen molar-refractivity contribution in [3.63, 3.8) is 0 Å². The number of quaternary nitrogens is 1. The summed E-state index contributed by atoms with van der Waals surface area (Å²) in [5.41, 5.74) is -0.131. The molecule has 0 radical (unpaired) electrons. The number of ether oxygens (including phenoxy) is 1. The van der Waals surface area contributed by atoms with E-state index in [-0.39, 0.29) is 5.69 Å². The quantitative estimate of drug-likeness (QED) is 0.628. The number of rotatable bonds is 7. The SMILES string of the molecule is CS(=O)(=O)N(CC(=O)NCC[NH+]1CCOCC1)c1ccccc1F. The first-order valence-corrected chi connectivity index (χ1v) is 9.63. The summed E-state index contributed by atoms with van der Waals surface area (Å²) in [6, 6.07) is 5.48. The zero-order chi connectivity index (χ0) is 17.6. The van der Waals surface area contributed by atoms with Gasteiger partial charge >= 0.3 is 0 Å². The van der Waals surface area contributed by atoms with E-state index in [1.165, 1.54) is 23.1 Å². The molecule has 2 rings (SSSR count). The molecule has 7 nitrogen and oxygen atoms in total. The van der Waals surface area contributed by atoms with Gasteiger partial charge < -0.3 is 15.0 Å². The van der Waals surface area contributed by atoms with Crippen molar-refractivity contribution in [2.75, 3.05) is 56.5 Å². The van der Waals surface area contributed by atoms with Crippen LogP contribution in [-0.2, 0) is 19.6 Å². The topological polar surface area (TPSA) is 80.2 Å². The van der Waals surface area contributed by atoms with Crippen LogP contribution in [0.4, 0.5) is 10.1 Å². The first-order valence-electron chi connectivity index (χ1n) is 7.78. The lowest BCUT2D eigenvalue weighted by Crippen LogP contribution is -3.14. The molecule has 1 aromatic rings. The maximum atomic E-state index is 13.9. The molecule has 0 aromatic heterocycles. The molecular weight excluding hydrogens is 337 g/mol. The zero-order valence-corrected chi connectivity index (χ0v) is 14.4. The Balaban J connectivity index is 1.92. The lowest BCUT2D eigenvalue weighted by atomic mass is 10.3. The fourth-order valence-corrected chi connectivity index (χ4v) is 3.37. The van der Waals surface area contributed by atoms with Crippen molar-refractivity contribution in [3.05, 3.63) is 30.1 Å². The molecule has 1 heterocycles.